The smallest absolute Gasteiger partial charge is 0.328 e. The van der Waals surface area contributed by atoms with Gasteiger partial charge in [-0.15, -0.1) is 0 Å². The van der Waals surface area contributed by atoms with Crippen molar-refractivity contribution in [3.8, 4) is 11.5 Å². The molecule has 0 heterocycles. The van der Waals surface area contributed by atoms with E-state index in [-0.39, 0.29) is 0 Å². The Morgan fingerprint density at radius 1 is 1.00 bits per heavy atom. The monoisotopic (exact) mass is 274 g/mol. The van der Waals surface area contributed by atoms with Gasteiger partial charge in [0, 0.05) is 11.1 Å². The molecule has 0 amide bonds. The molecule has 0 saturated heterocycles. The second kappa shape index (κ2) is 6.07. The van der Waals surface area contributed by atoms with Crippen LogP contribution in [0.2, 0.25) is 5.02 Å². The van der Waals surface area contributed by atoms with E-state index in [9.17, 15) is 4.79 Å². The van der Waals surface area contributed by atoms with E-state index in [1.807, 2.05) is 0 Å². The molecule has 0 spiro atoms. The summed E-state index contributed by atoms with van der Waals surface area (Å²) < 4.78 is 5.61. The molecule has 0 aliphatic rings. The molecule has 0 atom stereocenters. The highest BCUT2D eigenvalue weighted by atomic mass is 35.5. The van der Waals surface area contributed by atoms with Gasteiger partial charge in [-0.2, -0.15) is 0 Å². The summed E-state index contributed by atoms with van der Waals surface area (Å²) >= 11 is 5.78. The predicted molar refractivity (Wildman–Crippen MR) is 74.6 cm³/mol. The van der Waals surface area contributed by atoms with E-state index in [0.29, 0.717) is 16.5 Å². The molecule has 0 aromatic heterocycles. The second-order valence-corrected chi connectivity index (χ2v) is 4.23. The summed E-state index contributed by atoms with van der Waals surface area (Å²) in [5.74, 6) is 0.398. The Morgan fingerprint density at radius 3 is 2.05 bits per heavy atom. The Morgan fingerprint density at radius 2 is 1.53 bits per heavy atom. The van der Waals surface area contributed by atoms with Gasteiger partial charge in [0.1, 0.15) is 11.5 Å². The van der Waals surface area contributed by atoms with Gasteiger partial charge in [0.25, 0.3) is 0 Å². The number of benzene rings is 2. The molecule has 3 nitrogen and oxygen atoms in total. The third-order valence-electron chi connectivity index (χ3n) is 2.35. The SMILES string of the molecule is O=C(O)C=Cc1ccc(Oc2ccc(Cl)cc2)cc1. The van der Waals surface area contributed by atoms with Crippen molar-refractivity contribution in [3.05, 3.63) is 65.2 Å². The van der Waals surface area contributed by atoms with Crippen LogP contribution in [-0.2, 0) is 4.79 Å². The van der Waals surface area contributed by atoms with Crippen LogP contribution in [0.1, 0.15) is 5.56 Å². The average molecular weight is 275 g/mol. The van der Waals surface area contributed by atoms with Crippen molar-refractivity contribution in [2.24, 2.45) is 0 Å². The molecule has 1 N–H and O–H groups in total. The summed E-state index contributed by atoms with van der Waals surface area (Å²) in [4.78, 5) is 10.4. The average Bonchev–Trinajstić information content (AvgIpc) is 2.40. The van der Waals surface area contributed by atoms with Gasteiger partial charge in [-0.05, 0) is 48.0 Å². The highest BCUT2D eigenvalue weighted by Gasteiger charge is 1.97. The maximum atomic E-state index is 10.4. The minimum Gasteiger partial charge on any atom is -0.478 e. The molecule has 0 saturated carbocycles. The molecule has 0 radical (unpaired) electrons. The fourth-order valence-corrected chi connectivity index (χ4v) is 1.58. The maximum Gasteiger partial charge on any atom is 0.328 e. The second-order valence-electron chi connectivity index (χ2n) is 3.80. The molecular formula is C15H11ClO3. The van der Waals surface area contributed by atoms with E-state index >= 15 is 0 Å². The van der Waals surface area contributed by atoms with Crippen LogP contribution in [0.5, 0.6) is 11.5 Å². The van der Waals surface area contributed by atoms with Crippen molar-refractivity contribution in [1.29, 1.82) is 0 Å². The molecule has 4 heteroatoms. The van der Waals surface area contributed by atoms with Crippen molar-refractivity contribution in [3.63, 3.8) is 0 Å². The van der Waals surface area contributed by atoms with Crippen molar-refractivity contribution in [1.82, 2.24) is 0 Å². The Labute approximate surface area is 115 Å². The quantitative estimate of drug-likeness (QED) is 0.849. The molecular weight excluding hydrogens is 264 g/mol. The van der Waals surface area contributed by atoms with Gasteiger partial charge in [0.05, 0.1) is 0 Å². The van der Waals surface area contributed by atoms with Crippen LogP contribution in [0, 0.1) is 0 Å². The lowest BCUT2D eigenvalue weighted by Gasteiger charge is -2.05. The third-order valence-corrected chi connectivity index (χ3v) is 2.60. The summed E-state index contributed by atoms with van der Waals surface area (Å²) in [5, 5.41) is 9.18. The van der Waals surface area contributed by atoms with Crippen LogP contribution in [0.3, 0.4) is 0 Å². The van der Waals surface area contributed by atoms with Crippen molar-refractivity contribution in [2.75, 3.05) is 0 Å². The zero-order valence-electron chi connectivity index (χ0n) is 9.92. The first-order valence-electron chi connectivity index (χ1n) is 5.58. The van der Waals surface area contributed by atoms with Crippen molar-refractivity contribution in [2.45, 2.75) is 0 Å². The van der Waals surface area contributed by atoms with E-state index in [1.165, 1.54) is 6.08 Å². The lowest BCUT2D eigenvalue weighted by Crippen LogP contribution is -1.86. The third kappa shape index (κ3) is 4.16. The molecule has 2 rings (SSSR count). The molecule has 0 fully saturated rings. The summed E-state index contributed by atoms with van der Waals surface area (Å²) in [6.45, 7) is 0. The van der Waals surface area contributed by atoms with Crippen molar-refractivity contribution < 1.29 is 14.6 Å². The number of carbonyl (C=O) groups is 1. The Kier molecular flexibility index (Phi) is 4.21. The van der Waals surface area contributed by atoms with E-state index in [4.69, 9.17) is 21.4 Å². The summed E-state index contributed by atoms with van der Waals surface area (Å²) in [6.07, 6.45) is 2.61. The summed E-state index contributed by atoms with van der Waals surface area (Å²) in [5.41, 5.74) is 0.797. The standard InChI is InChI=1S/C15H11ClO3/c16-12-4-8-14(9-5-12)19-13-6-1-11(2-7-13)3-10-15(17)18/h1-10H,(H,17,18). The van der Waals surface area contributed by atoms with Gasteiger partial charge >= 0.3 is 5.97 Å². The number of halogens is 1. The fourth-order valence-electron chi connectivity index (χ4n) is 1.45. The van der Waals surface area contributed by atoms with Gasteiger partial charge in [-0.3, -0.25) is 0 Å². The van der Waals surface area contributed by atoms with Crippen LogP contribution in [0.4, 0.5) is 0 Å². The molecule has 19 heavy (non-hydrogen) atoms. The molecule has 0 aliphatic heterocycles. The molecule has 2 aromatic carbocycles. The first-order chi connectivity index (χ1) is 9.13. The Balaban J connectivity index is 2.06. The highest BCUT2D eigenvalue weighted by molar-refractivity contribution is 6.30. The predicted octanol–water partition coefficient (Wildman–Crippen LogP) is 4.23. The number of hydrogen-bond donors (Lipinski definition) is 1. The molecule has 0 unspecified atom stereocenters. The van der Waals surface area contributed by atoms with Crippen molar-refractivity contribution >= 4 is 23.6 Å². The van der Waals surface area contributed by atoms with Crippen LogP contribution < -0.4 is 4.74 Å². The number of carboxylic acids is 1. The molecule has 96 valence electrons. The highest BCUT2D eigenvalue weighted by Crippen LogP contribution is 2.23. The van der Waals surface area contributed by atoms with E-state index in [0.717, 1.165) is 11.6 Å². The number of rotatable bonds is 4. The zero-order valence-corrected chi connectivity index (χ0v) is 10.7. The number of aliphatic carboxylic acids is 1. The van der Waals surface area contributed by atoms with Crippen LogP contribution in [-0.4, -0.2) is 11.1 Å². The molecule has 2 aromatic rings. The largest absolute Gasteiger partial charge is 0.478 e. The number of hydrogen-bond acceptors (Lipinski definition) is 2. The minimum atomic E-state index is -0.971. The van der Waals surface area contributed by atoms with Gasteiger partial charge in [0.15, 0.2) is 0 Å². The van der Waals surface area contributed by atoms with Gasteiger partial charge in [-0.25, -0.2) is 4.79 Å². The fraction of sp³-hybridized carbons (Fsp3) is 0. The Bertz CT molecular complexity index is 586. The van der Waals surface area contributed by atoms with Gasteiger partial charge < -0.3 is 9.84 Å². The summed E-state index contributed by atoms with van der Waals surface area (Å²) in [7, 11) is 0. The van der Waals surface area contributed by atoms with Crippen LogP contribution in [0.25, 0.3) is 6.08 Å². The van der Waals surface area contributed by atoms with Gasteiger partial charge in [-0.1, -0.05) is 23.7 Å². The van der Waals surface area contributed by atoms with E-state index in [2.05, 4.69) is 0 Å². The lowest BCUT2D eigenvalue weighted by molar-refractivity contribution is -0.131. The molecule has 0 aliphatic carbocycles. The first-order valence-corrected chi connectivity index (χ1v) is 5.96. The van der Waals surface area contributed by atoms with E-state index in [1.54, 1.807) is 48.5 Å². The topological polar surface area (TPSA) is 46.5 Å². The lowest BCUT2D eigenvalue weighted by atomic mass is 10.2. The zero-order chi connectivity index (χ0) is 13.7. The maximum absolute atomic E-state index is 10.4. The van der Waals surface area contributed by atoms with Gasteiger partial charge in [0.2, 0.25) is 0 Å². The first kappa shape index (κ1) is 13.2. The number of ether oxygens (including phenoxy) is 1. The molecule has 0 bridgehead atoms. The minimum absolute atomic E-state index is 0.654. The summed E-state index contributed by atoms with van der Waals surface area (Å²) in [6, 6.07) is 14.2. The van der Waals surface area contributed by atoms with Crippen LogP contribution in [0.15, 0.2) is 54.6 Å². The number of carboxylic acid groups (broad SMARTS) is 1. The Hall–Kier alpha value is -2.26. The normalized spacial score (nSPS) is 10.6. The van der Waals surface area contributed by atoms with E-state index < -0.39 is 5.97 Å². The van der Waals surface area contributed by atoms with Crippen LogP contribution >= 0.6 is 11.6 Å².